The number of allylic oxidation sites excluding steroid dienone is 12. The highest BCUT2D eigenvalue weighted by Crippen LogP contribution is 2.22. The molecule has 1 amide bonds. The van der Waals surface area contributed by atoms with Crippen molar-refractivity contribution < 1.29 is 9.53 Å². The molecule has 0 aromatic heterocycles. The molecular weight excluding hydrogens is 793 g/mol. The van der Waals surface area contributed by atoms with Crippen LogP contribution in [-0.2, 0) is 4.74 Å². The standard InChI is InChI=1S/C61H112N2O2/c1-6-9-12-15-18-21-24-27-30-33-36-39-42-45-48-51-55-60(56-52-49-46-43-40-37-34-31-28-25-22-19-16-13-10-7-2)63(61(64)65-59-54-57-62(4)5)58-53-50-47-44-41-38-35-32-29-26-23-20-17-14-11-8-3/h18-23,27-32,60H,6-17,24-26,33-59H2,1-5H3/b21-18-,22-19-,23-20-,30-27-,31-28-,32-29-. The normalized spacial score (nSPS) is 12.5. The number of rotatable bonds is 50. The Bertz CT molecular complexity index is 1080. The largest absolute Gasteiger partial charge is 0.449 e. The zero-order valence-corrected chi connectivity index (χ0v) is 44.4. The number of hydrogen-bond donors (Lipinski definition) is 0. The van der Waals surface area contributed by atoms with E-state index < -0.39 is 0 Å². The molecule has 0 aliphatic rings. The summed E-state index contributed by atoms with van der Waals surface area (Å²) < 4.78 is 6.01. The van der Waals surface area contributed by atoms with Crippen LogP contribution < -0.4 is 0 Å². The van der Waals surface area contributed by atoms with E-state index in [1.54, 1.807) is 0 Å². The molecule has 0 bridgehead atoms. The summed E-state index contributed by atoms with van der Waals surface area (Å²) in [5.74, 6) is 0. The molecule has 0 atom stereocenters. The van der Waals surface area contributed by atoms with E-state index in [2.05, 4.69) is 118 Å². The number of amides is 1. The van der Waals surface area contributed by atoms with Crippen LogP contribution in [0.5, 0.6) is 0 Å². The fraction of sp³-hybridized carbons (Fsp3) is 0.787. The Morgan fingerprint density at radius 3 is 1.02 bits per heavy atom. The zero-order chi connectivity index (χ0) is 47.2. The van der Waals surface area contributed by atoms with Gasteiger partial charge in [0, 0.05) is 19.1 Å². The minimum atomic E-state index is -0.0589. The lowest BCUT2D eigenvalue weighted by atomic mass is 9.98. The van der Waals surface area contributed by atoms with Crippen molar-refractivity contribution in [1.82, 2.24) is 9.80 Å². The number of nitrogens with zero attached hydrogens (tertiary/aromatic N) is 2. The van der Waals surface area contributed by atoms with Crippen LogP contribution in [0.15, 0.2) is 72.9 Å². The molecular formula is C61H112N2O2. The molecule has 0 saturated carbocycles. The first kappa shape index (κ1) is 62.7. The first-order chi connectivity index (χ1) is 32.1. The molecule has 4 nitrogen and oxygen atoms in total. The zero-order valence-electron chi connectivity index (χ0n) is 44.4. The van der Waals surface area contributed by atoms with Crippen molar-refractivity contribution in [2.45, 2.75) is 277 Å². The first-order valence-corrected chi connectivity index (χ1v) is 28.5. The van der Waals surface area contributed by atoms with Crippen LogP contribution in [-0.4, -0.2) is 55.7 Å². The molecule has 0 fully saturated rings. The minimum Gasteiger partial charge on any atom is -0.449 e. The Labute approximate surface area is 407 Å². The quantitative estimate of drug-likeness (QED) is 0.0450. The van der Waals surface area contributed by atoms with Crippen LogP contribution in [0.1, 0.15) is 271 Å². The Morgan fingerprint density at radius 2 is 0.677 bits per heavy atom. The van der Waals surface area contributed by atoms with Crippen LogP contribution in [0, 0.1) is 0 Å². The van der Waals surface area contributed by atoms with Gasteiger partial charge in [-0.25, -0.2) is 4.79 Å². The van der Waals surface area contributed by atoms with E-state index >= 15 is 0 Å². The van der Waals surface area contributed by atoms with Crippen molar-refractivity contribution in [3.63, 3.8) is 0 Å². The molecule has 0 radical (unpaired) electrons. The average molecular weight is 906 g/mol. The van der Waals surface area contributed by atoms with Gasteiger partial charge in [0.25, 0.3) is 0 Å². The summed E-state index contributed by atoms with van der Waals surface area (Å²) in [5.41, 5.74) is 0. The Morgan fingerprint density at radius 1 is 0.369 bits per heavy atom. The van der Waals surface area contributed by atoms with Gasteiger partial charge in [-0.3, -0.25) is 0 Å². The van der Waals surface area contributed by atoms with Gasteiger partial charge in [-0.1, -0.05) is 222 Å². The second kappa shape index (κ2) is 54.3. The summed E-state index contributed by atoms with van der Waals surface area (Å²) in [6, 6.07) is 0.297. The third kappa shape index (κ3) is 49.4. The molecule has 0 rings (SSSR count). The van der Waals surface area contributed by atoms with Crippen LogP contribution in [0.4, 0.5) is 4.79 Å². The van der Waals surface area contributed by atoms with Gasteiger partial charge >= 0.3 is 6.09 Å². The molecule has 65 heavy (non-hydrogen) atoms. The van der Waals surface area contributed by atoms with E-state index in [0.29, 0.717) is 12.6 Å². The fourth-order valence-electron chi connectivity index (χ4n) is 8.51. The lowest BCUT2D eigenvalue weighted by molar-refractivity contribution is 0.0772. The minimum absolute atomic E-state index is 0.0589. The Balaban J connectivity index is 4.99. The van der Waals surface area contributed by atoms with Crippen LogP contribution in [0.25, 0.3) is 0 Å². The summed E-state index contributed by atoms with van der Waals surface area (Å²) >= 11 is 0. The maximum Gasteiger partial charge on any atom is 0.410 e. The Kier molecular flexibility index (Phi) is 52.3. The summed E-state index contributed by atoms with van der Waals surface area (Å²) in [6.07, 6.45) is 76.7. The number of ether oxygens (including phenoxy) is 1. The van der Waals surface area contributed by atoms with E-state index in [0.717, 1.165) is 58.0 Å². The molecule has 0 aromatic carbocycles. The van der Waals surface area contributed by atoms with E-state index in [4.69, 9.17) is 4.74 Å². The van der Waals surface area contributed by atoms with Gasteiger partial charge in [-0.15, -0.1) is 0 Å². The number of carbonyl (C=O) groups excluding carboxylic acids is 1. The maximum atomic E-state index is 13.8. The van der Waals surface area contributed by atoms with E-state index in [9.17, 15) is 4.79 Å². The van der Waals surface area contributed by atoms with E-state index in [1.165, 1.54) is 205 Å². The lowest BCUT2D eigenvalue weighted by Gasteiger charge is -2.32. The second-order valence-corrected chi connectivity index (χ2v) is 19.4. The van der Waals surface area contributed by atoms with Gasteiger partial charge in [0.1, 0.15) is 0 Å². The van der Waals surface area contributed by atoms with Gasteiger partial charge in [0.15, 0.2) is 0 Å². The van der Waals surface area contributed by atoms with Crippen molar-refractivity contribution in [3.8, 4) is 0 Å². The molecule has 0 aliphatic carbocycles. The average Bonchev–Trinajstić information content (AvgIpc) is 3.30. The monoisotopic (exact) mass is 905 g/mol. The lowest BCUT2D eigenvalue weighted by Crippen LogP contribution is -2.41. The van der Waals surface area contributed by atoms with Crippen molar-refractivity contribution in [1.29, 1.82) is 0 Å². The molecule has 0 aromatic rings. The molecule has 0 spiro atoms. The van der Waals surface area contributed by atoms with E-state index in [-0.39, 0.29) is 6.09 Å². The van der Waals surface area contributed by atoms with Gasteiger partial charge in [-0.05, 0) is 136 Å². The van der Waals surface area contributed by atoms with Gasteiger partial charge in [-0.2, -0.15) is 0 Å². The van der Waals surface area contributed by atoms with Gasteiger partial charge in [0.2, 0.25) is 0 Å². The molecule has 4 heteroatoms. The highest BCUT2D eigenvalue weighted by molar-refractivity contribution is 5.68. The molecule has 0 heterocycles. The van der Waals surface area contributed by atoms with Crippen molar-refractivity contribution in [2.75, 3.05) is 33.8 Å². The van der Waals surface area contributed by atoms with Crippen molar-refractivity contribution >= 4 is 6.09 Å². The number of carbonyl (C=O) groups is 1. The fourth-order valence-corrected chi connectivity index (χ4v) is 8.51. The van der Waals surface area contributed by atoms with Gasteiger partial charge < -0.3 is 14.5 Å². The molecule has 0 saturated heterocycles. The molecule has 0 N–H and O–H groups in total. The maximum absolute atomic E-state index is 13.8. The van der Waals surface area contributed by atoms with Gasteiger partial charge in [0.05, 0.1) is 6.61 Å². The second-order valence-electron chi connectivity index (χ2n) is 19.4. The summed E-state index contributed by atoms with van der Waals surface area (Å²) in [7, 11) is 4.19. The molecule has 378 valence electrons. The number of hydrogen-bond acceptors (Lipinski definition) is 3. The van der Waals surface area contributed by atoms with Crippen molar-refractivity contribution in [3.05, 3.63) is 72.9 Å². The smallest absolute Gasteiger partial charge is 0.410 e. The summed E-state index contributed by atoms with van der Waals surface area (Å²) in [4.78, 5) is 18.2. The van der Waals surface area contributed by atoms with Crippen LogP contribution >= 0.6 is 0 Å². The molecule has 0 aliphatic heterocycles. The van der Waals surface area contributed by atoms with Crippen molar-refractivity contribution in [2.24, 2.45) is 0 Å². The predicted octanol–water partition coefficient (Wildman–Crippen LogP) is 20.0. The van der Waals surface area contributed by atoms with Crippen LogP contribution in [0.3, 0.4) is 0 Å². The molecule has 0 unspecified atom stereocenters. The predicted molar refractivity (Wildman–Crippen MR) is 292 cm³/mol. The Hall–Kier alpha value is -2.33. The SMILES string of the molecule is CCCCC/C=C\C/C=C\CCCCCCCCC(CCCCCCCC/C=C\C/C=C\CCCCC)N(CCCCCCCC/C=C\C/C=C\CCCCC)C(=O)OCCCN(C)C. The van der Waals surface area contributed by atoms with Crippen LogP contribution in [0.2, 0.25) is 0 Å². The third-order valence-corrected chi connectivity index (χ3v) is 12.7. The highest BCUT2D eigenvalue weighted by Gasteiger charge is 2.24. The first-order valence-electron chi connectivity index (χ1n) is 28.5. The summed E-state index contributed by atoms with van der Waals surface area (Å²) in [5, 5.41) is 0. The third-order valence-electron chi connectivity index (χ3n) is 12.7. The number of unbranched alkanes of at least 4 members (excludes halogenated alkanes) is 27. The topological polar surface area (TPSA) is 32.8 Å². The summed E-state index contributed by atoms with van der Waals surface area (Å²) in [6.45, 7) is 9.11. The highest BCUT2D eigenvalue weighted by atomic mass is 16.6. The van der Waals surface area contributed by atoms with E-state index in [1.807, 2.05) is 0 Å².